The van der Waals surface area contributed by atoms with Crippen LogP contribution in [0.5, 0.6) is 0 Å². The molecule has 1 saturated heterocycles. The molecule has 3 aromatic rings. The zero-order chi connectivity index (χ0) is 19.3. The summed E-state index contributed by atoms with van der Waals surface area (Å²) >= 11 is 0. The van der Waals surface area contributed by atoms with Crippen molar-refractivity contribution in [3.8, 4) is 11.1 Å². The van der Waals surface area contributed by atoms with Crippen molar-refractivity contribution in [2.75, 3.05) is 13.1 Å². The topological polar surface area (TPSA) is 45.2 Å². The molecule has 0 radical (unpaired) electrons. The van der Waals surface area contributed by atoms with Crippen LogP contribution in [0.4, 0.5) is 4.39 Å². The molecular formula is C23H22FN3O. The average Bonchev–Trinajstić information content (AvgIpc) is 2.72. The number of rotatable bonds is 5. The normalized spacial score (nSPS) is 17.3. The maximum atomic E-state index is 13.5. The highest BCUT2D eigenvalue weighted by atomic mass is 19.1. The lowest BCUT2D eigenvalue weighted by Gasteiger charge is -2.35. The van der Waals surface area contributed by atoms with Crippen LogP contribution in [0.3, 0.4) is 0 Å². The highest BCUT2D eigenvalue weighted by molar-refractivity contribution is 5.83. The van der Waals surface area contributed by atoms with E-state index in [-0.39, 0.29) is 17.8 Å². The van der Waals surface area contributed by atoms with E-state index in [0.29, 0.717) is 19.5 Å². The SMILES string of the molecule is O=C1NCCN(Cc2cccc(F)c2)[C@@H]1Cc1cccc(-c2ccncc2)c1. The van der Waals surface area contributed by atoms with Crippen LogP contribution in [-0.4, -0.2) is 34.9 Å². The first-order valence-corrected chi connectivity index (χ1v) is 9.44. The molecule has 5 heteroatoms. The van der Waals surface area contributed by atoms with Gasteiger partial charge in [0.05, 0.1) is 6.04 Å². The van der Waals surface area contributed by atoms with E-state index in [2.05, 4.69) is 27.3 Å². The van der Waals surface area contributed by atoms with E-state index in [4.69, 9.17) is 0 Å². The first-order chi connectivity index (χ1) is 13.7. The lowest BCUT2D eigenvalue weighted by molar-refractivity contribution is -0.129. The Labute approximate surface area is 164 Å². The minimum Gasteiger partial charge on any atom is -0.353 e. The number of amides is 1. The first-order valence-electron chi connectivity index (χ1n) is 9.44. The molecule has 1 fully saturated rings. The molecule has 0 bridgehead atoms. The summed E-state index contributed by atoms with van der Waals surface area (Å²) in [4.78, 5) is 18.8. The van der Waals surface area contributed by atoms with Crippen LogP contribution < -0.4 is 5.32 Å². The van der Waals surface area contributed by atoms with E-state index in [9.17, 15) is 9.18 Å². The predicted molar refractivity (Wildman–Crippen MR) is 107 cm³/mol. The second-order valence-electron chi connectivity index (χ2n) is 7.05. The lowest BCUT2D eigenvalue weighted by atomic mass is 9.97. The third kappa shape index (κ3) is 4.26. The molecule has 0 spiro atoms. The molecule has 1 aliphatic rings. The van der Waals surface area contributed by atoms with Crippen LogP contribution in [0, 0.1) is 5.82 Å². The Hall–Kier alpha value is -3.05. The van der Waals surface area contributed by atoms with Crippen molar-refractivity contribution in [3.05, 3.63) is 90.0 Å². The monoisotopic (exact) mass is 375 g/mol. The Bertz CT molecular complexity index is 961. The molecule has 0 aliphatic carbocycles. The largest absolute Gasteiger partial charge is 0.353 e. The van der Waals surface area contributed by atoms with Crippen LogP contribution in [-0.2, 0) is 17.8 Å². The summed E-state index contributed by atoms with van der Waals surface area (Å²) in [5, 5.41) is 2.96. The predicted octanol–water partition coefficient (Wildman–Crippen LogP) is 3.43. The van der Waals surface area contributed by atoms with Gasteiger partial charge in [0.25, 0.3) is 0 Å². The van der Waals surface area contributed by atoms with Crippen molar-refractivity contribution >= 4 is 5.91 Å². The molecule has 4 nitrogen and oxygen atoms in total. The number of piperazine rings is 1. The van der Waals surface area contributed by atoms with E-state index >= 15 is 0 Å². The minimum atomic E-state index is -0.273. The quantitative estimate of drug-likeness (QED) is 0.743. The van der Waals surface area contributed by atoms with Crippen molar-refractivity contribution in [2.24, 2.45) is 0 Å². The van der Waals surface area contributed by atoms with Crippen molar-refractivity contribution in [1.82, 2.24) is 15.2 Å². The van der Waals surface area contributed by atoms with E-state index in [1.165, 1.54) is 12.1 Å². The van der Waals surface area contributed by atoms with Gasteiger partial charge in [-0.15, -0.1) is 0 Å². The van der Waals surface area contributed by atoms with Crippen molar-refractivity contribution in [2.45, 2.75) is 19.0 Å². The molecule has 2 heterocycles. The summed E-state index contributed by atoms with van der Waals surface area (Å²) in [5.74, 6) is -0.225. The molecule has 0 saturated carbocycles. The van der Waals surface area contributed by atoms with Gasteiger partial charge in [-0.25, -0.2) is 4.39 Å². The summed E-state index contributed by atoms with van der Waals surface area (Å²) in [6.07, 6.45) is 4.16. The van der Waals surface area contributed by atoms with Crippen molar-refractivity contribution in [1.29, 1.82) is 0 Å². The maximum Gasteiger partial charge on any atom is 0.237 e. The standard InChI is InChI=1S/C23H22FN3O/c24-21-6-2-4-18(14-21)16-27-12-11-26-23(28)22(27)15-17-3-1-5-20(13-17)19-7-9-25-10-8-19/h1-10,13-14,22H,11-12,15-16H2,(H,26,28)/t22-/m1/s1. The van der Waals surface area contributed by atoms with E-state index < -0.39 is 0 Å². The number of carbonyl (C=O) groups is 1. The highest BCUT2D eigenvalue weighted by Gasteiger charge is 2.29. The minimum absolute atomic E-state index is 0.0250. The van der Waals surface area contributed by atoms with Crippen LogP contribution in [0.2, 0.25) is 0 Å². The summed E-state index contributed by atoms with van der Waals surface area (Å²) < 4.78 is 13.5. The highest BCUT2D eigenvalue weighted by Crippen LogP contribution is 2.22. The molecule has 1 aromatic heterocycles. The van der Waals surface area contributed by atoms with Crippen molar-refractivity contribution < 1.29 is 9.18 Å². The summed E-state index contributed by atoms with van der Waals surface area (Å²) in [7, 11) is 0. The van der Waals surface area contributed by atoms with Gasteiger partial charge < -0.3 is 5.32 Å². The molecule has 4 rings (SSSR count). The van der Waals surface area contributed by atoms with E-state index in [1.54, 1.807) is 18.5 Å². The zero-order valence-corrected chi connectivity index (χ0v) is 15.5. The lowest BCUT2D eigenvalue weighted by Crippen LogP contribution is -2.55. The van der Waals surface area contributed by atoms with Gasteiger partial charge in [-0.1, -0.05) is 36.4 Å². The molecule has 2 aromatic carbocycles. The second-order valence-corrected chi connectivity index (χ2v) is 7.05. The van der Waals surface area contributed by atoms with Crippen LogP contribution in [0.25, 0.3) is 11.1 Å². The fourth-order valence-electron chi connectivity index (χ4n) is 3.69. The molecule has 0 unspecified atom stereocenters. The van der Waals surface area contributed by atoms with Crippen LogP contribution in [0.15, 0.2) is 73.1 Å². The van der Waals surface area contributed by atoms with Gasteiger partial charge in [0, 0.05) is 32.0 Å². The number of hydrogen-bond donors (Lipinski definition) is 1. The van der Waals surface area contributed by atoms with Gasteiger partial charge >= 0.3 is 0 Å². The smallest absolute Gasteiger partial charge is 0.237 e. The summed E-state index contributed by atoms with van der Waals surface area (Å²) in [6.45, 7) is 1.92. The third-order valence-corrected chi connectivity index (χ3v) is 5.09. The molecule has 28 heavy (non-hydrogen) atoms. The number of pyridine rings is 1. The number of halogens is 1. The molecule has 1 amide bonds. The Morgan fingerprint density at radius 1 is 1.00 bits per heavy atom. The number of carbonyl (C=O) groups excluding carboxylic acids is 1. The van der Waals surface area contributed by atoms with E-state index in [1.807, 2.05) is 30.3 Å². The third-order valence-electron chi connectivity index (χ3n) is 5.09. The Morgan fingerprint density at radius 2 is 1.79 bits per heavy atom. The number of nitrogens with zero attached hydrogens (tertiary/aromatic N) is 2. The van der Waals surface area contributed by atoms with Gasteiger partial charge in [0.2, 0.25) is 5.91 Å². The number of aromatic nitrogens is 1. The van der Waals surface area contributed by atoms with Crippen LogP contribution >= 0.6 is 0 Å². The van der Waals surface area contributed by atoms with Gasteiger partial charge in [-0.3, -0.25) is 14.7 Å². The first kappa shape index (κ1) is 18.3. The maximum absolute atomic E-state index is 13.5. The Kier molecular flexibility index (Phi) is 5.44. The van der Waals surface area contributed by atoms with Crippen LogP contribution in [0.1, 0.15) is 11.1 Å². The van der Waals surface area contributed by atoms with E-state index in [0.717, 1.165) is 28.8 Å². The van der Waals surface area contributed by atoms with Gasteiger partial charge in [-0.05, 0) is 52.9 Å². The number of benzene rings is 2. The fourth-order valence-corrected chi connectivity index (χ4v) is 3.69. The number of nitrogens with one attached hydrogen (secondary N) is 1. The summed E-state index contributed by atoms with van der Waals surface area (Å²) in [5.41, 5.74) is 4.18. The van der Waals surface area contributed by atoms with Crippen molar-refractivity contribution in [3.63, 3.8) is 0 Å². The average molecular weight is 375 g/mol. The Morgan fingerprint density at radius 3 is 2.61 bits per heavy atom. The molecular weight excluding hydrogens is 353 g/mol. The van der Waals surface area contributed by atoms with Gasteiger partial charge in [0.1, 0.15) is 5.82 Å². The van der Waals surface area contributed by atoms with Gasteiger partial charge in [0.15, 0.2) is 0 Å². The van der Waals surface area contributed by atoms with Gasteiger partial charge in [-0.2, -0.15) is 0 Å². The molecule has 1 aliphatic heterocycles. The fraction of sp³-hybridized carbons (Fsp3) is 0.217. The Balaban J connectivity index is 1.55. The second kappa shape index (κ2) is 8.31. The zero-order valence-electron chi connectivity index (χ0n) is 15.5. The molecule has 1 atom stereocenters. The molecule has 142 valence electrons. The number of hydrogen-bond acceptors (Lipinski definition) is 3. The molecule has 1 N–H and O–H groups in total. The summed E-state index contributed by atoms with van der Waals surface area (Å²) in [6, 6.07) is 18.5.